The number of rotatable bonds is 5. The molecule has 2 aromatic heterocycles. The highest BCUT2D eigenvalue weighted by atomic mass is 32.1. The van der Waals surface area contributed by atoms with Crippen LogP contribution in [0.3, 0.4) is 0 Å². The first-order valence-electron chi connectivity index (χ1n) is 8.52. The van der Waals surface area contributed by atoms with Crippen LogP contribution in [0, 0.1) is 6.92 Å². The molecule has 4 rings (SSSR count). The minimum Gasteiger partial charge on any atom is -0.301 e. The topological polar surface area (TPSA) is 42.7 Å². The Balaban J connectivity index is 1.50. The van der Waals surface area contributed by atoms with Crippen LogP contribution >= 0.6 is 11.3 Å². The molecule has 24 heavy (non-hydrogen) atoms. The molecule has 1 aromatic carbocycles. The van der Waals surface area contributed by atoms with E-state index in [1.54, 1.807) is 11.3 Å². The maximum atomic E-state index is 4.77. The van der Waals surface area contributed by atoms with Gasteiger partial charge in [0.25, 0.3) is 0 Å². The molecule has 0 spiro atoms. The normalized spacial score (nSPS) is 16.5. The highest BCUT2D eigenvalue weighted by Gasteiger charge is 2.37. The Morgan fingerprint density at radius 2 is 2.00 bits per heavy atom. The number of hydrogen-bond donors (Lipinski definition) is 1. The summed E-state index contributed by atoms with van der Waals surface area (Å²) < 4.78 is 1.94. The first-order chi connectivity index (χ1) is 11.8. The maximum absolute atomic E-state index is 4.77. The van der Waals surface area contributed by atoms with E-state index in [1.807, 2.05) is 29.1 Å². The van der Waals surface area contributed by atoms with Crippen molar-refractivity contribution in [3.05, 3.63) is 64.4 Å². The van der Waals surface area contributed by atoms with Gasteiger partial charge in [-0.25, -0.2) is 9.67 Å². The van der Waals surface area contributed by atoms with Crippen molar-refractivity contribution in [1.82, 2.24) is 20.1 Å². The summed E-state index contributed by atoms with van der Waals surface area (Å²) in [5.41, 5.74) is 3.47. The van der Waals surface area contributed by atoms with E-state index in [4.69, 9.17) is 4.98 Å². The Hall–Kier alpha value is -1.98. The standard InChI is InChI=1S/C19H22N4S/c1-15-14-24-18(22-15)19(9-5-6-10-19)20-11-16-12-21-23(13-16)17-7-3-2-4-8-17/h2-4,7-8,12-14,20H,5-6,9-11H2,1H3. The van der Waals surface area contributed by atoms with Gasteiger partial charge in [-0.15, -0.1) is 11.3 Å². The van der Waals surface area contributed by atoms with Crippen molar-refractivity contribution in [2.24, 2.45) is 0 Å². The third-order valence-corrected chi connectivity index (χ3v) is 5.94. The van der Waals surface area contributed by atoms with Gasteiger partial charge in [0.2, 0.25) is 0 Å². The molecule has 0 atom stereocenters. The molecule has 1 aliphatic rings. The van der Waals surface area contributed by atoms with E-state index in [2.05, 4.69) is 41.0 Å². The molecule has 1 fully saturated rings. The molecule has 0 saturated heterocycles. The van der Waals surface area contributed by atoms with Crippen molar-refractivity contribution in [2.45, 2.75) is 44.7 Å². The SMILES string of the molecule is Cc1csc(C2(NCc3cnn(-c4ccccc4)c3)CCCC2)n1. The van der Waals surface area contributed by atoms with Crippen molar-refractivity contribution in [1.29, 1.82) is 0 Å². The molecule has 0 radical (unpaired) electrons. The summed E-state index contributed by atoms with van der Waals surface area (Å²) in [5, 5.41) is 11.7. The molecule has 0 aliphatic heterocycles. The number of para-hydroxylation sites is 1. The third kappa shape index (κ3) is 3.01. The Labute approximate surface area is 146 Å². The zero-order valence-corrected chi connectivity index (χ0v) is 14.7. The van der Waals surface area contributed by atoms with Gasteiger partial charge in [0.1, 0.15) is 5.01 Å². The van der Waals surface area contributed by atoms with E-state index in [1.165, 1.54) is 36.3 Å². The molecule has 5 heteroatoms. The van der Waals surface area contributed by atoms with Crippen LogP contribution in [0.1, 0.15) is 41.9 Å². The number of nitrogens with one attached hydrogen (secondary N) is 1. The Kier molecular flexibility index (Phi) is 4.21. The quantitative estimate of drug-likeness (QED) is 0.758. The van der Waals surface area contributed by atoms with E-state index in [-0.39, 0.29) is 5.54 Å². The second-order valence-electron chi connectivity index (χ2n) is 6.57. The summed E-state index contributed by atoms with van der Waals surface area (Å²) in [6.07, 6.45) is 8.96. The van der Waals surface area contributed by atoms with E-state index >= 15 is 0 Å². The zero-order valence-electron chi connectivity index (χ0n) is 13.9. The van der Waals surface area contributed by atoms with Gasteiger partial charge in [-0.2, -0.15) is 5.10 Å². The van der Waals surface area contributed by atoms with Gasteiger partial charge in [-0.1, -0.05) is 31.0 Å². The molecule has 2 heterocycles. The Morgan fingerprint density at radius 1 is 1.21 bits per heavy atom. The van der Waals surface area contributed by atoms with Crippen LogP contribution in [-0.4, -0.2) is 14.8 Å². The monoisotopic (exact) mass is 338 g/mol. The number of nitrogens with zero attached hydrogens (tertiary/aromatic N) is 3. The van der Waals surface area contributed by atoms with Gasteiger partial charge in [0.15, 0.2) is 0 Å². The van der Waals surface area contributed by atoms with Crippen LogP contribution in [0.2, 0.25) is 0 Å². The summed E-state index contributed by atoms with van der Waals surface area (Å²) in [6, 6.07) is 10.2. The zero-order chi connectivity index (χ0) is 16.4. The second kappa shape index (κ2) is 6.49. The third-order valence-electron chi connectivity index (χ3n) is 4.77. The lowest BCUT2D eigenvalue weighted by molar-refractivity contribution is 0.337. The van der Waals surface area contributed by atoms with Gasteiger partial charge in [0, 0.05) is 29.4 Å². The van der Waals surface area contributed by atoms with Crippen LogP contribution in [0.15, 0.2) is 48.1 Å². The van der Waals surface area contributed by atoms with Crippen LogP contribution in [-0.2, 0) is 12.1 Å². The molecule has 1 aliphatic carbocycles. The fourth-order valence-electron chi connectivity index (χ4n) is 3.46. The highest BCUT2D eigenvalue weighted by molar-refractivity contribution is 7.09. The number of thiazole rings is 1. The predicted octanol–water partition coefficient (Wildman–Crippen LogP) is 4.20. The minimum atomic E-state index is 0.0494. The van der Waals surface area contributed by atoms with Crippen LogP contribution in [0.4, 0.5) is 0 Å². The molecule has 0 unspecified atom stereocenters. The molecule has 0 amide bonds. The fraction of sp³-hybridized carbons (Fsp3) is 0.368. The summed E-state index contributed by atoms with van der Waals surface area (Å²) >= 11 is 1.79. The van der Waals surface area contributed by atoms with Gasteiger partial charge >= 0.3 is 0 Å². The largest absolute Gasteiger partial charge is 0.301 e. The van der Waals surface area contributed by atoms with Crippen LogP contribution in [0.25, 0.3) is 5.69 Å². The fourth-order valence-corrected chi connectivity index (χ4v) is 4.50. The molecular weight excluding hydrogens is 316 g/mol. The van der Waals surface area contributed by atoms with Gasteiger partial charge in [0.05, 0.1) is 17.4 Å². The summed E-state index contributed by atoms with van der Waals surface area (Å²) in [6.45, 7) is 2.90. The molecule has 1 N–H and O–H groups in total. The molecular formula is C19H22N4S. The summed E-state index contributed by atoms with van der Waals surface area (Å²) in [4.78, 5) is 4.77. The Bertz CT molecular complexity index is 800. The first kappa shape index (κ1) is 15.5. The average molecular weight is 338 g/mol. The van der Waals surface area contributed by atoms with E-state index in [9.17, 15) is 0 Å². The second-order valence-corrected chi connectivity index (χ2v) is 7.42. The van der Waals surface area contributed by atoms with Gasteiger partial charge in [-0.3, -0.25) is 0 Å². The highest BCUT2D eigenvalue weighted by Crippen LogP contribution is 2.40. The Morgan fingerprint density at radius 3 is 2.71 bits per heavy atom. The predicted molar refractivity (Wildman–Crippen MR) is 97.4 cm³/mol. The lowest BCUT2D eigenvalue weighted by Gasteiger charge is -2.28. The summed E-state index contributed by atoms with van der Waals surface area (Å²) in [7, 11) is 0. The van der Waals surface area contributed by atoms with E-state index < -0.39 is 0 Å². The number of hydrogen-bond acceptors (Lipinski definition) is 4. The minimum absolute atomic E-state index is 0.0494. The lowest BCUT2D eigenvalue weighted by Crippen LogP contribution is -2.39. The smallest absolute Gasteiger partial charge is 0.113 e. The van der Waals surface area contributed by atoms with Crippen LogP contribution in [0.5, 0.6) is 0 Å². The van der Waals surface area contributed by atoms with Crippen LogP contribution < -0.4 is 5.32 Å². The molecule has 0 bridgehead atoms. The lowest BCUT2D eigenvalue weighted by atomic mass is 9.98. The van der Waals surface area contributed by atoms with E-state index in [0.29, 0.717) is 0 Å². The van der Waals surface area contributed by atoms with Crippen molar-refractivity contribution in [3.8, 4) is 5.69 Å². The molecule has 1 saturated carbocycles. The van der Waals surface area contributed by atoms with Crippen molar-refractivity contribution in [2.75, 3.05) is 0 Å². The van der Waals surface area contributed by atoms with Gasteiger partial charge in [-0.05, 0) is 31.9 Å². The number of aromatic nitrogens is 3. The van der Waals surface area contributed by atoms with Crippen molar-refractivity contribution >= 4 is 11.3 Å². The molecule has 4 nitrogen and oxygen atoms in total. The number of aryl methyl sites for hydroxylation is 1. The van der Waals surface area contributed by atoms with E-state index in [0.717, 1.165) is 17.9 Å². The molecule has 124 valence electrons. The average Bonchev–Trinajstić information content (AvgIpc) is 3.35. The molecule has 3 aromatic rings. The van der Waals surface area contributed by atoms with Gasteiger partial charge < -0.3 is 5.32 Å². The number of benzene rings is 1. The maximum Gasteiger partial charge on any atom is 0.113 e. The summed E-state index contributed by atoms with van der Waals surface area (Å²) in [5.74, 6) is 0. The van der Waals surface area contributed by atoms with Crippen molar-refractivity contribution < 1.29 is 0 Å². The van der Waals surface area contributed by atoms with Crippen molar-refractivity contribution in [3.63, 3.8) is 0 Å². The first-order valence-corrected chi connectivity index (χ1v) is 9.40.